The predicted octanol–water partition coefficient (Wildman–Crippen LogP) is 2.19. The van der Waals surface area contributed by atoms with Crippen molar-refractivity contribution in [2.75, 3.05) is 6.79 Å². The zero-order chi connectivity index (χ0) is 10.7. The number of rotatable bonds is 3. The Bertz CT molecular complexity index is 444. The zero-order valence-electron chi connectivity index (χ0n) is 7.55. The van der Waals surface area contributed by atoms with Crippen LogP contribution in [0, 0.1) is 0 Å². The molecule has 0 fully saturated rings. The van der Waals surface area contributed by atoms with Gasteiger partial charge in [-0.3, -0.25) is 0 Å². The van der Waals surface area contributed by atoms with Crippen LogP contribution in [-0.2, 0) is 0 Å². The lowest BCUT2D eigenvalue weighted by atomic mass is 10.2. The second-order valence-corrected chi connectivity index (χ2v) is 3.66. The van der Waals surface area contributed by atoms with Gasteiger partial charge in [0.25, 0.3) is 5.88 Å². The van der Waals surface area contributed by atoms with E-state index in [1.54, 1.807) is 12.1 Å². The molecule has 1 aromatic heterocycles. The summed E-state index contributed by atoms with van der Waals surface area (Å²) in [6.07, 6.45) is 0. The van der Waals surface area contributed by atoms with Crippen molar-refractivity contribution in [2.45, 2.75) is 0 Å². The third-order valence-corrected chi connectivity index (χ3v) is 2.54. The van der Waals surface area contributed by atoms with Crippen LogP contribution in [0.25, 0.3) is 11.3 Å². The van der Waals surface area contributed by atoms with Crippen LogP contribution in [0.5, 0.6) is 5.88 Å². The van der Waals surface area contributed by atoms with E-state index in [9.17, 15) is 0 Å². The Hall–Kier alpha value is -1.17. The van der Waals surface area contributed by atoms with Crippen molar-refractivity contribution in [3.8, 4) is 17.1 Å². The average Bonchev–Trinajstić information content (AvgIpc) is 2.68. The summed E-state index contributed by atoms with van der Waals surface area (Å²) in [7, 11) is 0. The number of hydrogen-bond donors (Lipinski definition) is 1. The minimum Gasteiger partial charge on any atom is -0.448 e. The highest BCUT2D eigenvalue weighted by Gasteiger charge is 2.11. The van der Waals surface area contributed by atoms with Crippen molar-refractivity contribution < 1.29 is 9.84 Å². The van der Waals surface area contributed by atoms with Crippen LogP contribution in [0.15, 0.2) is 24.3 Å². The lowest BCUT2D eigenvalue weighted by molar-refractivity contribution is 0.0955. The Labute approximate surface area is 95.4 Å². The zero-order valence-corrected chi connectivity index (χ0v) is 9.13. The van der Waals surface area contributed by atoms with E-state index in [0.717, 1.165) is 17.3 Å². The minimum atomic E-state index is -0.411. The number of ether oxygens (including phenoxy) is 1. The molecule has 0 unspecified atom stereocenters. The molecule has 0 radical (unpaired) electrons. The number of benzene rings is 1. The van der Waals surface area contributed by atoms with Crippen LogP contribution in [0.3, 0.4) is 0 Å². The molecule has 1 aromatic carbocycles. The Kier molecular flexibility index (Phi) is 3.15. The number of aliphatic hydroxyl groups is 1. The SMILES string of the molecule is OCOc1nsnc1-c1ccc(Cl)cc1. The highest BCUT2D eigenvalue weighted by molar-refractivity contribution is 6.99. The van der Waals surface area contributed by atoms with E-state index in [0.29, 0.717) is 16.6 Å². The van der Waals surface area contributed by atoms with Crippen LogP contribution in [-0.4, -0.2) is 20.6 Å². The number of nitrogens with zero attached hydrogens (tertiary/aromatic N) is 2. The molecule has 4 nitrogen and oxygen atoms in total. The van der Waals surface area contributed by atoms with Crippen molar-refractivity contribution in [3.05, 3.63) is 29.3 Å². The maximum Gasteiger partial charge on any atom is 0.256 e. The third kappa shape index (κ3) is 2.26. The third-order valence-electron chi connectivity index (χ3n) is 1.78. The molecular weight excluding hydrogens is 236 g/mol. The van der Waals surface area contributed by atoms with Crippen LogP contribution in [0.2, 0.25) is 5.02 Å². The van der Waals surface area contributed by atoms with Gasteiger partial charge in [-0.1, -0.05) is 23.7 Å². The van der Waals surface area contributed by atoms with Crippen molar-refractivity contribution in [1.29, 1.82) is 0 Å². The van der Waals surface area contributed by atoms with Gasteiger partial charge in [0.2, 0.25) is 0 Å². The van der Waals surface area contributed by atoms with Gasteiger partial charge in [0.15, 0.2) is 6.79 Å². The van der Waals surface area contributed by atoms with Gasteiger partial charge in [0.05, 0.1) is 11.7 Å². The van der Waals surface area contributed by atoms with Gasteiger partial charge < -0.3 is 9.84 Å². The summed E-state index contributed by atoms with van der Waals surface area (Å²) in [5.41, 5.74) is 1.47. The minimum absolute atomic E-state index is 0.338. The van der Waals surface area contributed by atoms with Crippen molar-refractivity contribution in [1.82, 2.24) is 8.75 Å². The number of aromatic nitrogens is 2. The molecule has 15 heavy (non-hydrogen) atoms. The molecule has 0 saturated carbocycles. The van der Waals surface area contributed by atoms with Gasteiger partial charge in [-0.2, -0.15) is 4.37 Å². The predicted molar refractivity (Wildman–Crippen MR) is 58.1 cm³/mol. The molecule has 0 bridgehead atoms. The summed E-state index contributed by atoms with van der Waals surface area (Å²) in [5.74, 6) is 0.338. The van der Waals surface area contributed by atoms with Crippen LogP contribution < -0.4 is 4.74 Å². The van der Waals surface area contributed by atoms with E-state index in [4.69, 9.17) is 21.4 Å². The summed E-state index contributed by atoms with van der Waals surface area (Å²) in [6.45, 7) is -0.411. The van der Waals surface area contributed by atoms with Crippen molar-refractivity contribution in [3.63, 3.8) is 0 Å². The first kappa shape index (κ1) is 10.4. The fourth-order valence-electron chi connectivity index (χ4n) is 1.12. The molecule has 0 aliphatic carbocycles. The number of halogens is 1. The van der Waals surface area contributed by atoms with E-state index in [1.165, 1.54) is 0 Å². The Balaban J connectivity index is 2.36. The van der Waals surface area contributed by atoms with Gasteiger partial charge in [-0.15, -0.1) is 4.37 Å². The molecule has 0 aliphatic rings. The van der Waals surface area contributed by atoms with Gasteiger partial charge in [-0.25, -0.2) is 0 Å². The maximum atomic E-state index is 8.65. The second kappa shape index (κ2) is 4.57. The molecule has 1 heterocycles. The number of hydrogen-bond acceptors (Lipinski definition) is 5. The molecule has 2 aromatic rings. The monoisotopic (exact) mass is 242 g/mol. The van der Waals surface area contributed by atoms with E-state index in [-0.39, 0.29) is 0 Å². The molecule has 0 aliphatic heterocycles. The van der Waals surface area contributed by atoms with Crippen molar-refractivity contribution in [2.24, 2.45) is 0 Å². The van der Waals surface area contributed by atoms with E-state index in [1.807, 2.05) is 12.1 Å². The fourth-order valence-corrected chi connectivity index (χ4v) is 1.77. The average molecular weight is 243 g/mol. The van der Waals surface area contributed by atoms with Gasteiger partial charge in [0, 0.05) is 10.6 Å². The lowest BCUT2D eigenvalue weighted by Gasteiger charge is -2.00. The molecule has 0 spiro atoms. The summed E-state index contributed by atoms with van der Waals surface area (Å²) < 4.78 is 12.9. The van der Waals surface area contributed by atoms with E-state index in [2.05, 4.69) is 8.75 Å². The molecule has 0 saturated heterocycles. The van der Waals surface area contributed by atoms with Crippen LogP contribution in [0.1, 0.15) is 0 Å². The van der Waals surface area contributed by atoms with E-state index < -0.39 is 6.79 Å². The fraction of sp³-hybridized carbons (Fsp3) is 0.111. The molecule has 78 valence electrons. The van der Waals surface area contributed by atoms with Gasteiger partial charge >= 0.3 is 0 Å². The first-order chi connectivity index (χ1) is 7.31. The Morgan fingerprint density at radius 1 is 1.27 bits per heavy atom. The first-order valence-corrected chi connectivity index (χ1v) is 5.24. The standard InChI is InChI=1S/C9H7ClN2O2S/c10-7-3-1-6(2-4-7)8-9(14-5-13)12-15-11-8/h1-4,13H,5H2. The highest BCUT2D eigenvalue weighted by Crippen LogP contribution is 2.28. The molecular formula is C9H7ClN2O2S. The lowest BCUT2D eigenvalue weighted by Crippen LogP contribution is -1.96. The largest absolute Gasteiger partial charge is 0.448 e. The number of aliphatic hydroxyl groups excluding tert-OH is 1. The maximum absolute atomic E-state index is 8.65. The Morgan fingerprint density at radius 2 is 2.00 bits per heavy atom. The molecule has 0 amide bonds. The molecule has 2 rings (SSSR count). The van der Waals surface area contributed by atoms with Gasteiger partial charge in [0.1, 0.15) is 5.69 Å². The Morgan fingerprint density at radius 3 is 2.67 bits per heavy atom. The van der Waals surface area contributed by atoms with E-state index >= 15 is 0 Å². The second-order valence-electron chi connectivity index (χ2n) is 2.70. The van der Waals surface area contributed by atoms with Crippen LogP contribution in [0.4, 0.5) is 0 Å². The van der Waals surface area contributed by atoms with Crippen LogP contribution >= 0.6 is 23.3 Å². The first-order valence-electron chi connectivity index (χ1n) is 4.13. The quantitative estimate of drug-likeness (QED) is 0.839. The van der Waals surface area contributed by atoms with Crippen molar-refractivity contribution >= 4 is 23.3 Å². The molecule has 1 N–H and O–H groups in total. The summed E-state index contributed by atoms with van der Waals surface area (Å²) in [6, 6.07) is 7.17. The summed E-state index contributed by atoms with van der Waals surface area (Å²) >= 11 is 6.81. The smallest absolute Gasteiger partial charge is 0.256 e. The molecule has 0 atom stereocenters. The topological polar surface area (TPSA) is 55.2 Å². The highest BCUT2D eigenvalue weighted by atomic mass is 35.5. The molecule has 6 heteroatoms. The normalized spacial score (nSPS) is 10.3. The summed E-state index contributed by atoms with van der Waals surface area (Å²) in [4.78, 5) is 0. The van der Waals surface area contributed by atoms with Gasteiger partial charge in [-0.05, 0) is 12.1 Å². The summed E-state index contributed by atoms with van der Waals surface area (Å²) in [5, 5.41) is 9.31.